The molecule has 0 bridgehead atoms. The number of nitrogens with one attached hydrogen (secondary N) is 1. The van der Waals surface area contributed by atoms with Gasteiger partial charge in [-0.2, -0.15) is 0 Å². The fourth-order valence-corrected chi connectivity index (χ4v) is 1.93. The van der Waals surface area contributed by atoms with Crippen LogP contribution in [-0.4, -0.2) is 16.5 Å². The van der Waals surface area contributed by atoms with Gasteiger partial charge in [0.05, 0.1) is 17.6 Å². The zero-order valence-electron chi connectivity index (χ0n) is 10.7. The lowest BCUT2D eigenvalue weighted by Crippen LogP contribution is -2.11. The molecule has 98 valence electrons. The van der Waals surface area contributed by atoms with Crippen LogP contribution in [0.2, 0.25) is 0 Å². The summed E-state index contributed by atoms with van der Waals surface area (Å²) in [5, 5.41) is 3.33. The topological polar surface area (TPSA) is 50.9 Å². The van der Waals surface area contributed by atoms with Gasteiger partial charge in [0.1, 0.15) is 4.99 Å². The third-order valence-corrected chi connectivity index (χ3v) is 3.04. The van der Waals surface area contributed by atoms with Gasteiger partial charge in [-0.1, -0.05) is 42.5 Å². The molecule has 3 N–H and O–H groups in total. The molecule has 1 aromatic heterocycles. The molecule has 0 spiro atoms. The molecule has 0 radical (unpaired) electrons. The molecule has 0 atom stereocenters. The predicted molar refractivity (Wildman–Crippen MR) is 83.4 cm³/mol. The predicted octanol–water partition coefficient (Wildman–Crippen LogP) is 2.76. The number of anilines is 1. The first-order chi connectivity index (χ1) is 9.25. The zero-order chi connectivity index (χ0) is 13.5. The van der Waals surface area contributed by atoms with Crippen LogP contribution in [0.15, 0.2) is 48.7 Å². The Morgan fingerprint density at radius 1 is 1.16 bits per heavy atom. The number of aryl methyl sites for hydroxylation is 1. The van der Waals surface area contributed by atoms with Crippen molar-refractivity contribution in [2.24, 2.45) is 5.73 Å². The Morgan fingerprint density at radius 3 is 2.58 bits per heavy atom. The van der Waals surface area contributed by atoms with Gasteiger partial charge in [-0.25, -0.2) is 0 Å². The second-order valence-electron chi connectivity index (χ2n) is 4.31. The van der Waals surface area contributed by atoms with E-state index in [1.807, 2.05) is 18.2 Å². The highest BCUT2D eigenvalue weighted by Gasteiger charge is 1.98. The summed E-state index contributed by atoms with van der Waals surface area (Å²) in [6.45, 7) is 0.920. The van der Waals surface area contributed by atoms with Crippen molar-refractivity contribution >= 4 is 22.9 Å². The van der Waals surface area contributed by atoms with Gasteiger partial charge < -0.3 is 11.1 Å². The molecule has 0 aliphatic rings. The summed E-state index contributed by atoms with van der Waals surface area (Å²) in [4.78, 5) is 4.52. The number of thiocarbonyl (C=S) groups is 1. The highest BCUT2D eigenvalue weighted by Crippen LogP contribution is 2.07. The van der Waals surface area contributed by atoms with Crippen molar-refractivity contribution in [2.45, 2.75) is 12.8 Å². The first-order valence-electron chi connectivity index (χ1n) is 6.29. The summed E-state index contributed by atoms with van der Waals surface area (Å²) in [6, 6.07) is 14.3. The molecular formula is C15H17N3S. The Kier molecular flexibility index (Phi) is 4.86. The smallest absolute Gasteiger partial charge is 0.122 e. The maximum absolute atomic E-state index is 5.50. The van der Waals surface area contributed by atoms with Crippen molar-refractivity contribution in [3.63, 3.8) is 0 Å². The number of rotatable bonds is 6. The quantitative estimate of drug-likeness (QED) is 0.626. The van der Waals surface area contributed by atoms with E-state index in [9.17, 15) is 0 Å². The summed E-state index contributed by atoms with van der Waals surface area (Å²) in [6.07, 6.45) is 3.92. The van der Waals surface area contributed by atoms with E-state index in [-0.39, 0.29) is 0 Å². The van der Waals surface area contributed by atoms with Crippen LogP contribution >= 0.6 is 12.2 Å². The van der Waals surface area contributed by atoms with Crippen LogP contribution in [0.4, 0.5) is 5.69 Å². The van der Waals surface area contributed by atoms with E-state index >= 15 is 0 Å². The summed E-state index contributed by atoms with van der Waals surface area (Å²) >= 11 is 4.86. The number of benzene rings is 1. The minimum atomic E-state index is 0.329. The molecule has 0 aliphatic heterocycles. The Labute approximate surface area is 118 Å². The summed E-state index contributed by atoms with van der Waals surface area (Å²) in [5.74, 6) is 0. The lowest BCUT2D eigenvalue weighted by atomic mass is 10.1. The lowest BCUT2D eigenvalue weighted by Gasteiger charge is -2.06. The molecule has 0 amide bonds. The average molecular weight is 271 g/mol. The van der Waals surface area contributed by atoms with Gasteiger partial charge in [0, 0.05) is 6.54 Å². The maximum atomic E-state index is 5.50. The van der Waals surface area contributed by atoms with Gasteiger partial charge in [0.2, 0.25) is 0 Å². The Balaban J connectivity index is 1.75. The highest BCUT2D eigenvalue weighted by molar-refractivity contribution is 7.80. The monoisotopic (exact) mass is 271 g/mol. The van der Waals surface area contributed by atoms with Gasteiger partial charge in [0.15, 0.2) is 0 Å². The standard InChI is InChI=1S/C15H17N3S/c16-15(19)14-9-8-13(11-18-14)17-10-4-7-12-5-2-1-3-6-12/h1-3,5-6,8-9,11,17H,4,7,10H2,(H2,16,19). The molecule has 0 saturated heterocycles. The molecule has 1 heterocycles. The minimum absolute atomic E-state index is 0.329. The largest absolute Gasteiger partial charge is 0.388 e. The third-order valence-electron chi connectivity index (χ3n) is 2.83. The Bertz CT molecular complexity index is 523. The number of pyridine rings is 1. The van der Waals surface area contributed by atoms with Gasteiger partial charge >= 0.3 is 0 Å². The van der Waals surface area contributed by atoms with Crippen molar-refractivity contribution < 1.29 is 0 Å². The van der Waals surface area contributed by atoms with Crippen LogP contribution in [0.3, 0.4) is 0 Å². The van der Waals surface area contributed by atoms with Crippen molar-refractivity contribution in [3.8, 4) is 0 Å². The summed E-state index contributed by atoms with van der Waals surface area (Å²) < 4.78 is 0. The molecule has 4 heteroatoms. The molecule has 0 saturated carbocycles. The van der Waals surface area contributed by atoms with Crippen LogP contribution in [0.25, 0.3) is 0 Å². The second-order valence-corrected chi connectivity index (χ2v) is 4.75. The first-order valence-corrected chi connectivity index (χ1v) is 6.70. The second kappa shape index (κ2) is 6.85. The van der Waals surface area contributed by atoms with Crippen LogP contribution in [0.5, 0.6) is 0 Å². The first kappa shape index (κ1) is 13.5. The Morgan fingerprint density at radius 2 is 1.95 bits per heavy atom. The minimum Gasteiger partial charge on any atom is -0.388 e. The maximum Gasteiger partial charge on any atom is 0.122 e. The lowest BCUT2D eigenvalue weighted by molar-refractivity contribution is 0.862. The highest BCUT2D eigenvalue weighted by atomic mass is 32.1. The number of hydrogen-bond acceptors (Lipinski definition) is 3. The van der Waals surface area contributed by atoms with Crippen LogP contribution in [0, 0.1) is 0 Å². The third kappa shape index (κ3) is 4.34. The molecular weight excluding hydrogens is 254 g/mol. The van der Waals surface area contributed by atoms with Crippen molar-refractivity contribution in [3.05, 3.63) is 59.9 Å². The van der Waals surface area contributed by atoms with Crippen molar-refractivity contribution in [1.82, 2.24) is 4.98 Å². The molecule has 0 aliphatic carbocycles. The normalized spacial score (nSPS) is 10.1. The van der Waals surface area contributed by atoms with Crippen molar-refractivity contribution in [2.75, 3.05) is 11.9 Å². The van der Waals surface area contributed by atoms with Gasteiger partial charge in [-0.3, -0.25) is 4.98 Å². The van der Waals surface area contributed by atoms with E-state index in [0.717, 1.165) is 25.1 Å². The number of nitrogens with two attached hydrogens (primary N) is 1. The molecule has 0 fully saturated rings. The molecule has 2 aromatic rings. The number of hydrogen-bond donors (Lipinski definition) is 2. The van der Waals surface area contributed by atoms with E-state index in [2.05, 4.69) is 34.6 Å². The number of nitrogens with zero attached hydrogens (tertiary/aromatic N) is 1. The van der Waals surface area contributed by atoms with E-state index < -0.39 is 0 Å². The zero-order valence-corrected chi connectivity index (χ0v) is 11.5. The average Bonchev–Trinajstić information content (AvgIpc) is 2.45. The van der Waals surface area contributed by atoms with E-state index in [1.165, 1.54) is 5.56 Å². The van der Waals surface area contributed by atoms with E-state index in [1.54, 1.807) is 6.20 Å². The van der Waals surface area contributed by atoms with E-state index in [0.29, 0.717) is 10.7 Å². The SMILES string of the molecule is NC(=S)c1ccc(NCCCc2ccccc2)cn1. The fourth-order valence-electron chi connectivity index (χ4n) is 1.81. The molecule has 0 unspecified atom stereocenters. The summed E-state index contributed by atoms with van der Waals surface area (Å²) in [5.41, 5.74) is 8.52. The van der Waals surface area contributed by atoms with Crippen LogP contribution in [0.1, 0.15) is 17.7 Å². The molecule has 19 heavy (non-hydrogen) atoms. The molecule has 1 aromatic carbocycles. The Hall–Kier alpha value is -1.94. The number of aromatic nitrogens is 1. The fraction of sp³-hybridized carbons (Fsp3) is 0.200. The molecule has 3 nitrogen and oxygen atoms in total. The summed E-state index contributed by atoms with van der Waals surface area (Å²) in [7, 11) is 0. The van der Waals surface area contributed by atoms with Gasteiger partial charge in [-0.05, 0) is 30.5 Å². The van der Waals surface area contributed by atoms with Gasteiger partial charge in [0.25, 0.3) is 0 Å². The van der Waals surface area contributed by atoms with Crippen molar-refractivity contribution in [1.29, 1.82) is 0 Å². The van der Waals surface area contributed by atoms with Gasteiger partial charge in [-0.15, -0.1) is 0 Å². The van der Waals surface area contributed by atoms with E-state index in [4.69, 9.17) is 18.0 Å². The van der Waals surface area contributed by atoms with Crippen LogP contribution in [-0.2, 0) is 6.42 Å². The molecule has 2 rings (SSSR count). The van der Waals surface area contributed by atoms with Crippen LogP contribution < -0.4 is 11.1 Å².